The first kappa shape index (κ1) is 15.3. The molecule has 0 heterocycles. The summed E-state index contributed by atoms with van der Waals surface area (Å²) in [5.74, 6) is 2.58. The van der Waals surface area contributed by atoms with Crippen molar-refractivity contribution in [1.82, 2.24) is 4.90 Å². The van der Waals surface area contributed by atoms with E-state index in [2.05, 4.69) is 37.4 Å². The first-order chi connectivity index (χ1) is 7.20. The molecular weight excluding hydrogens is 204 g/mol. The highest BCUT2D eigenvalue weighted by Gasteiger charge is 1.98. The number of hydrogen-bond donors (Lipinski definition) is 1. The summed E-state index contributed by atoms with van der Waals surface area (Å²) in [5, 5.41) is 0. The second-order valence-corrected chi connectivity index (χ2v) is 5.34. The van der Waals surface area contributed by atoms with Gasteiger partial charge in [-0.05, 0) is 38.6 Å². The van der Waals surface area contributed by atoms with Crippen molar-refractivity contribution < 1.29 is 0 Å². The Labute approximate surface area is 100.0 Å². The molecule has 2 N–H and O–H groups in total. The van der Waals surface area contributed by atoms with Crippen LogP contribution < -0.4 is 5.73 Å². The first-order valence-electron chi connectivity index (χ1n) is 6.26. The van der Waals surface area contributed by atoms with Gasteiger partial charge in [0.05, 0.1) is 0 Å². The summed E-state index contributed by atoms with van der Waals surface area (Å²) in [6.45, 7) is 10.2. The van der Waals surface area contributed by atoms with Crippen LogP contribution in [0.1, 0.15) is 40.0 Å². The predicted octanol–water partition coefficient (Wildman–Crippen LogP) is 2.58. The minimum Gasteiger partial charge on any atom is -0.328 e. The maximum Gasteiger partial charge on any atom is 0.00721 e. The molecule has 0 radical (unpaired) electrons. The molecule has 0 saturated heterocycles. The highest BCUT2D eigenvalue weighted by atomic mass is 32.2. The minimum absolute atomic E-state index is 0.380. The molecule has 92 valence electrons. The average molecular weight is 232 g/mol. The lowest BCUT2D eigenvalue weighted by Crippen LogP contribution is -2.25. The number of nitrogens with two attached hydrogens (primary N) is 1. The molecule has 0 spiro atoms. The largest absolute Gasteiger partial charge is 0.328 e. The van der Waals surface area contributed by atoms with E-state index >= 15 is 0 Å². The van der Waals surface area contributed by atoms with Crippen LogP contribution in [0.25, 0.3) is 0 Å². The Morgan fingerprint density at radius 1 is 1.13 bits per heavy atom. The molecule has 0 aliphatic heterocycles. The Balaban J connectivity index is 3.10. The highest BCUT2D eigenvalue weighted by Crippen LogP contribution is 2.07. The maximum atomic E-state index is 5.70. The van der Waals surface area contributed by atoms with Gasteiger partial charge in [-0.3, -0.25) is 0 Å². The molecule has 0 aromatic carbocycles. The van der Waals surface area contributed by atoms with Crippen molar-refractivity contribution in [1.29, 1.82) is 0 Å². The summed E-state index contributed by atoms with van der Waals surface area (Å²) >= 11 is 2.08. The highest BCUT2D eigenvalue weighted by molar-refractivity contribution is 7.99. The topological polar surface area (TPSA) is 29.3 Å². The van der Waals surface area contributed by atoms with Crippen molar-refractivity contribution in [3.05, 3.63) is 0 Å². The Kier molecular flexibility index (Phi) is 11.0. The molecule has 0 amide bonds. The van der Waals surface area contributed by atoms with Crippen LogP contribution in [0.3, 0.4) is 0 Å². The van der Waals surface area contributed by atoms with Crippen LogP contribution in [0.15, 0.2) is 0 Å². The lowest BCUT2D eigenvalue weighted by Gasteiger charge is -2.17. The van der Waals surface area contributed by atoms with Crippen LogP contribution in [-0.4, -0.2) is 42.1 Å². The molecule has 1 atom stereocenters. The van der Waals surface area contributed by atoms with E-state index in [1.165, 1.54) is 50.4 Å². The van der Waals surface area contributed by atoms with E-state index in [1.807, 2.05) is 0 Å². The zero-order valence-corrected chi connectivity index (χ0v) is 11.5. The first-order valence-corrected chi connectivity index (χ1v) is 7.41. The summed E-state index contributed by atoms with van der Waals surface area (Å²) < 4.78 is 0. The molecule has 0 aromatic rings. The van der Waals surface area contributed by atoms with Crippen molar-refractivity contribution in [2.24, 2.45) is 5.73 Å². The summed E-state index contributed by atoms with van der Waals surface area (Å²) in [6.07, 6.45) is 3.79. The van der Waals surface area contributed by atoms with Crippen LogP contribution in [0, 0.1) is 0 Å². The van der Waals surface area contributed by atoms with Gasteiger partial charge in [0.15, 0.2) is 0 Å². The standard InChI is InChI=1S/C12H28N2S/c1-4-14(5-2)9-11-15-10-7-6-8-12(3)13/h12H,4-11,13H2,1-3H3. The van der Waals surface area contributed by atoms with Crippen molar-refractivity contribution in [3.63, 3.8) is 0 Å². The molecule has 0 saturated carbocycles. The summed E-state index contributed by atoms with van der Waals surface area (Å²) in [6, 6.07) is 0.380. The quantitative estimate of drug-likeness (QED) is 0.587. The van der Waals surface area contributed by atoms with E-state index in [0.717, 1.165) is 0 Å². The molecule has 2 nitrogen and oxygen atoms in total. The lowest BCUT2D eigenvalue weighted by atomic mass is 10.2. The molecule has 0 bridgehead atoms. The summed E-state index contributed by atoms with van der Waals surface area (Å²) in [4.78, 5) is 2.48. The predicted molar refractivity (Wildman–Crippen MR) is 72.6 cm³/mol. The van der Waals surface area contributed by atoms with Crippen molar-refractivity contribution in [2.75, 3.05) is 31.1 Å². The monoisotopic (exact) mass is 232 g/mol. The van der Waals surface area contributed by atoms with Gasteiger partial charge < -0.3 is 10.6 Å². The molecule has 0 fully saturated rings. The Bertz CT molecular complexity index is 125. The third-order valence-corrected chi connectivity index (χ3v) is 3.69. The fraction of sp³-hybridized carbons (Fsp3) is 1.00. The third-order valence-electron chi connectivity index (χ3n) is 2.64. The van der Waals surface area contributed by atoms with Crippen LogP contribution in [0.5, 0.6) is 0 Å². The van der Waals surface area contributed by atoms with E-state index < -0.39 is 0 Å². The van der Waals surface area contributed by atoms with Gasteiger partial charge >= 0.3 is 0 Å². The summed E-state index contributed by atoms with van der Waals surface area (Å²) in [5.41, 5.74) is 5.70. The van der Waals surface area contributed by atoms with Gasteiger partial charge in [0, 0.05) is 18.3 Å². The van der Waals surface area contributed by atoms with Crippen LogP contribution in [-0.2, 0) is 0 Å². The molecule has 0 rings (SSSR count). The smallest absolute Gasteiger partial charge is 0.00721 e. The molecule has 3 heteroatoms. The van der Waals surface area contributed by atoms with Crippen molar-refractivity contribution >= 4 is 11.8 Å². The molecule has 15 heavy (non-hydrogen) atoms. The average Bonchev–Trinajstić information content (AvgIpc) is 2.22. The van der Waals surface area contributed by atoms with Crippen LogP contribution in [0.4, 0.5) is 0 Å². The van der Waals surface area contributed by atoms with Gasteiger partial charge in [0.2, 0.25) is 0 Å². The number of hydrogen-bond acceptors (Lipinski definition) is 3. The molecule has 1 unspecified atom stereocenters. The third kappa shape index (κ3) is 10.6. The number of unbranched alkanes of at least 4 members (excludes halogenated alkanes) is 1. The molecule has 0 aromatic heterocycles. The molecular formula is C12H28N2S. The number of rotatable bonds is 10. The number of nitrogens with zero attached hydrogens (tertiary/aromatic N) is 1. The van der Waals surface area contributed by atoms with Gasteiger partial charge in [-0.1, -0.05) is 20.3 Å². The van der Waals surface area contributed by atoms with Gasteiger partial charge in [0.1, 0.15) is 0 Å². The fourth-order valence-electron chi connectivity index (χ4n) is 1.51. The second-order valence-electron chi connectivity index (χ2n) is 4.11. The normalized spacial score (nSPS) is 13.4. The van der Waals surface area contributed by atoms with Crippen molar-refractivity contribution in [3.8, 4) is 0 Å². The Morgan fingerprint density at radius 2 is 1.80 bits per heavy atom. The Morgan fingerprint density at radius 3 is 2.33 bits per heavy atom. The zero-order chi connectivity index (χ0) is 11.5. The fourth-order valence-corrected chi connectivity index (χ4v) is 2.51. The van der Waals surface area contributed by atoms with Crippen LogP contribution >= 0.6 is 11.8 Å². The van der Waals surface area contributed by atoms with E-state index in [0.29, 0.717) is 6.04 Å². The SMILES string of the molecule is CCN(CC)CCSCCCCC(C)N. The number of thioether (sulfide) groups is 1. The molecule has 0 aliphatic carbocycles. The van der Waals surface area contributed by atoms with Gasteiger partial charge in [0.25, 0.3) is 0 Å². The zero-order valence-electron chi connectivity index (χ0n) is 10.7. The van der Waals surface area contributed by atoms with E-state index in [1.54, 1.807) is 0 Å². The van der Waals surface area contributed by atoms with E-state index in [9.17, 15) is 0 Å². The Hall–Kier alpha value is 0.270. The van der Waals surface area contributed by atoms with Crippen LogP contribution in [0.2, 0.25) is 0 Å². The minimum atomic E-state index is 0.380. The maximum absolute atomic E-state index is 5.70. The van der Waals surface area contributed by atoms with Gasteiger partial charge in [-0.2, -0.15) is 11.8 Å². The second kappa shape index (κ2) is 10.8. The van der Waals surface area contributed by atoms with E-state index in [4.69, 9.17) is 5.73 Å². The van der Waals surface area contributed by atoms with E-state index in [-0.39, 0.29) is 0 Å². The van der Waals surface area contributed by atoms with Gasteiger partial charge in [-0.25, -0.2) is 0 Å². The van der Waals surface area contributed by atoms with Gasteiger partial charge in [-0.15, -0.1) is 0 Å². The summed E-state index contributed by atoms with van der Waals surface area (Å²) in [7, 11) is 0. The van der Waals surface area contributed by atoms with Crippen molar-refractivity contribution in [2.45, 2.75) is 46.1 Å². The molecule has 0 aliphatic rings. The lowest BCUT2D eigenvalue weighted by molar-refractivity contribution is 0.324.